The molecular weight excluding hydrogens is 392 g/mol. The zero-order valence-corrected chi connectivity index (χ0v) is 17.4. The summed E-state index contributed by atoms with van der Waals surface area (Å²) < 4.78 is 0. The van der Waals surface area contributed by atoms with E-state index in [1.165, 1.54) is 42.6 Å². The lowest BCUT2D eigenvalue weighted by atomic mass is 9.73. The average molecular weight is 418 g/mol. The lowest BCUT2D eigenvalue weighted by Crippen LogP contribution is -2.73. The molecule has 0 radical (unpaired) electrons. The van der Waals surface area contributed by atoms with Crippen LogP contribution in [0.5, 0.6) is 0 Å². The number of allylic oxidation sites excluding steroid dienone is 2. The normalized spacial score (nSPS) is 25.5. The summed E-state index contributed by atoms with van der Waals surface area (Å²) in [5.41, 5.74) is 3.99. The van der Waals surface area contributed by atoms with Crippen molar-refractivity contribution in [2.75, 3.05) is 19.7 Å². The van der Waals surface area contributed by atoms with Crippen LogP contribution in [0.2, 0.25) is 0 Å². The predicted octanol–water partition coefficient (Wildman–Crippen LogP) is 2.25. The molecule has 7 heteroatoms. The maximum absolute atomic E-state index is 12.8. The van der Waals surface area contributed by atoms with Gasteiger partial charge >= 0.3 is 0 Å². The van der Waals surface area contributed by atoms with Crippen molar-refractivity contribution in [3.8, 4) is 0 Å². The summed E-state index contributed by atoms with van der Waals surface area (Å²) in [5.74, 6) is -0.416. The highest BCUT2D eigenvalue weighted by Crippen LogP contribution is 2.43. The fourth-order valence-corrected chi connectivity index (χ4v) is 5.25. The van der Waals surface area contributed by atoms with Crippen LogP contribution in [0.15, 0.2) is 48.9 Å². The lowest BCUT2D eigenvalue weighted by Gasteiger charge is -2.58. The largest absolute Gasteiger partial charge is 0.394 e. The van der Waals surface area contributed by atoms with Crippen molar-refractivity contribution in [3.63, 3.8) is 0 Å². The molecule has 5 rings (SSSR count). The number of rotatable bonds is 4. The van der Waals surface area contributed by atoms with E-state index in [0.29, 0.717) is 6.54 Å². The number of carbonyl (C=O) groups excluding carboxylic acids is 2. The molecule has 2 saturated heterocycles. The van der Waals surface area contributed by atoms with Gasteiger partial charge in [-0.15, -0.1) is 0 Å². The summed E-state index contributed by atoms with van der Waals surface area (Å²) >= 11 is 0. The SMILES string of the molecule is O=C(c1cnccn1)N1CC(=O)N2[C@H](C1)[C@@H](c1ccc(C3=CCCCC3)cc1)[C@@H]2CO. The van der Waals surface area contributed by atoms with Gasteiger partial charge in [0, 0.05) is 24.9 Å². The molecule has 2 aromatic rings. The number of fused-ring (bicyclic) bond motifs is 1. The molecule has 1 aromatic carbocycles. The molecule has 1 aliphatic carbocycles. The Kier molecular flexibility index (Phi) is 5.28. The Morgan fingerprint density at radius 3 is 2.68 bits per heavy atom. The molecule has 2 fully saturated rings. The number of hydrogen-bond acceptors (Lipinski definition) is 5. The predicted molar refractivity (Wildman–Crippen MR) is 115 cm³/mol. The summed E-state index contributed by atoms with van der Waals surface area (Å²) in [4.78, 5) is 37.0. The third-order valence-electron chi connectivity index (χ3n) is 6.78. The number of piperazine rings is 1. The first-order valence-electron chi connectivity index (χ1n) is 10.9. The minimum absolute atomic E-state index is 0.000734. The van der Waals surface area contributed by atoms with Gasteiger partial charge in [0.1, 0.15) is 12.2 Å². The molecule has 0 saturated carbocycles. The maximum atomic E-state index is 12.8. The number of hydrogen-bond donors (Lipinski definition) is 1. The molecule has 2 amide bonds. The van der Waals surface area contributed by atoms with Crippen LogP contribution >= 0.6 is 0 Å². The molecule has 1 N–H and O–H groups in total. The van der Waals surface area contributed by atoms with Gasteiger partial charge in [-0.1, -0.05) is 30.3 Å². The Hall–Kier alpha value is -3.06. The Morgan fingerprint density at radius 2 is 2.00 bits per heavy atom. The van der Waals surface area contributed by atoms with Crippen molar-refractivity contribution in [1.29, 1.82) is 0 Å². The molecule has 2 aliphatic heterocycles. The molecule has 3 heterocycles. The van der Waals surface area contributed by atoms with Crippen LogP contribution in [0.3, 0.4) is 0 Å². The smallest absolute Gasteiger partial charge is 0.274 e. The Bertz CT molecular complexity index is 1010. The molecule has 0 spiro atoms. The van der Waals surface area contributed by atoms with E-state index in [1.807, 2.05) is 0 Å². The van der Waals surface area contributed by atoms with Crippen molar-refractivity contribution in [3.05, 3.63) is 65.8 Å². The number of nitrogens with zero attached hydrogens (tertiary/aromatic N) is 4. The van der Waals surface area contributed by atoms with Crippen LogP contribution in [0.1, 0.15) is 53.2 Å². The van der Waals surface area contributed by atoms with E-state index in [9.17, 15) is 14.7 Å². The molecule has 31 heavy (non-hydrogen) atoms. The Balaban J connectivity index is 1.37. The van der Waals surface area contributed by atoms with Gasteiger partial charge in [0.2, 0.25) is 5.91 Å². The highest BCUT2D eigenvalue weighted by atomic mass is 16.3. The third-order valence-corrected chi connectivity index (χ3v) is 6.78. The molecular formula is C24H26N4O3. The summed E-state index contributed by atoms with van der Waals surface area (Å²) in [6, 6.07) is 8.14. The van der Waals surface area contributed by atoms with Crippen LogP contribution in [0.4, 0.5) is 0 Å². The topological polar surface area (TPSA) is 86.6 Å². The highest BCUT2D eigenvalue weighted by molar-refractivity contribution is 5.96. The summed E-state index contributed by atoms with van der Waals surface area (Å²) in [5, 5.41) is 9.98. The van der Waals surface area contributed by atoms with E-state index in [2.05, 4.69) is 40.3 Å². The zero-order chi connectivity index (χ0) is 21.4. The highest BCUT2D eigenvalue weighted by Gasteiger charge is 2.54. The van der Waals surface area contributed by atoms with Crippen LogP contribution < -0.4 is 0 Å². The van der Waals surface area contributed by atoms with Gasteiger partial charge < -0.3 is 14.9 Å². The van der Waals surface area contributed by atoms with Crippen molar-refractivity contribution in [2.24, 2.45) is 0 Å². The molecule has 0 bridgehead atoms. The zero-order valence-electron chi connectivity index (χ0n) is 17.4. The molecule has 7 nitrogen and oxygen atoms in total. The number of carbonyl (C=O) groups is 2. The number of aliphatic hydroxyl groups is 1. The number of aromatic nitrogens is 2. The van der Waals surface area contributed by atoms with Crippen molar-refractivity contribution < 1.29 is 14.7 Å². The van der Waals surface area contributed by atoms with Gasteiger partial charge in [0.05, 0.1) is 24.9 Å². The van der Waals surface area contributed by atoms with Crippen LogP contribution in [-0.4, -0.2) is 68.5 Å². The number of amides is 2. The summed E-state index contributed by atoms with van der Waals surface area (Å²) in [6.07, 6.45) is 11.5. The first-order chi connectivity index (χ1) is 15.2. The second kappa shape index (κ2) is 8.23. The fraction of sp³-hybridized carbons (Fsp3) is 0.417. The van der Waals surface area contributed by atoms with Gasteiger partial charge in [-0.05, 0) is 42.4 Å². The van der Waals surface area contributed by atoms with E-state index < -0.39 is 0 Å². The van der Waals surface area contributed by atoms with Crippen molar-refractivity contribution in [1.82, 2.24) is 19.8 Å². The van der Waals surface area contributed by atoms with Crippen LogP contribution in [0, 0.1) is 0 Å². The van der Waals surface area contributed by atoms with E-state index >= 15 is 0 Å². The second-order valence-corrected chi connectivity index (χ2v) is 8.52. The quantitative estimate of drug-likeness (QED) is 0.823. The van der Waals surface area contributed by atoms with Crippen LogP contribution in [0.25, 0.3) is 5.57 Å². The van der Waals surface area contributed by atoms with Gasteiger partial charge in [0.25, 0.3) is 5.91 Å². The maximum Gasteiger partial charge on any atom is 0.274 e. The van der Waals surface area contributed by atoms with Gasteiger partial charge in [-0.25, -0.2) is 4.98 Å². The van der Waals surface area contributed by atoms with Crippen LogP contribution in [-0.2, 0) is 4.79 Å². The molecule has 1 aromatic heterocycles. The summed E-state index contributed by atoms with van der Waals surface area (Å²) in [7, 11) is 0. The average Bonchev–Trinajstić information content (AvgIpc) is 2.81. The fourth-order valence-electron chi connectivity index (χ4n) is 5.25. The van der Waals surface area contributed by atoms with Gasteiger partial charge in [-0.2, -0.15) is 0 Å². The van der Waals surface area contributed by atoms with Gasteiger partial charge in [0.15, 0.2) is 0 Å². The van der Waals surface area contributed by atoms with Gasteiger partial charge in [-0.3, -0.25) is 14.6 Å². The van der Waals surface area contributed by atoms with Crippen molar-refractivity contribution in [2.45, 2.75) is 43.7 Å². The standard InChI is InChI=1S/C24H26N4O3/c29-15-21-23(18-8-6-17(7-9-18)16-4-2-1-3-5-16)20-13-27(14-22(30)28(20)21)24(31)19-12-25-10-11-26-19/h4,6-12,20-21,23,29H,1-3,5,13-15H2/t20-,21+,23-/m1/s1. The van der Waals surface area contributed by atoms with E-state index in [4.69, 9.17) is 0 Å². The number of benzene rings is 1. The minimum atomic E-state index is -0.285. The first-order valence-corrected chi connectivity index (χ1v) is 10.9. The van der Waals surface area contributed by atoms with Crippen molar-refractivity contribution >= 4 is 17.4 Å². The Labute approximate surface area is 181 Å². The summed E-state index contributed by atoms with van der Waals surface area (Å²) in [6.45, 7) is 0.343. The molecule has 3 atom stereocenters. The Morgan fingerprint density at radius 1 is 1.16 bits per heavy atom. The molecule has 160 valence electrons. The van der Waals surface area contributed by atoms with E-state index in [-0.39, 0.29) is 48.7 Å². The third kappa shape index (κ3) is 3.53. The van der Waals surface area contributed by atoms with E-state index in [1.54, 1.807) is 9.80 Å². The lowest BCUT2D eigenvalue weighted by molar-refractivity contribution is -0.159. The second-order valence-electron chi connectivity index (χ2n) is 8.52. The first kappa shape index (κ1) is 19.9. The number of aliphatic hydroxyl groups excluding tert-OH is 1. The van der Waals surface area contributed by atoms with E-state index in [0.717, 1.165) is 18.4 Å². The molecule has 0 unspecified atom stereocenters. The molecule has 3 aliphatic rings. The monoisotopic (exact) mass is 418 g/mol. The minimum Gasteiger partial charge on any atom is -0.394 e.